The Morgan fingerprint density at radius 2 is 0.565 bits per heavy atom. The van der Waals surface area contributed by atoms with Crippen LogP contribution in [0.2, 0.25) is 0 Å². The molecule has 0 bridgehead atoms. The van der Waals surface area contributed by atoms with Crippen molar-refractivity contribution in [1.29, 1.82) is 0 Å². The molecule has 0 aliphatic carbocycles. The Hall–Kier alpha value is -6.26. The Morgan fingerprint density at radius 1 is 0.283 bits per heavy atom. The van der Waals surface area contributed by atoms with E-state index < -0.39 is 0 Å². The lowest BCUT2D eigenvalue weighted by Crippen LogP contribution is -2.11. The number of aromatic nitrogens is 3. The maximum Gasteiger partial charge on any atom is 0.0968 e. The van der Waals surface area contributed by atoms with Gasteiger partial charge in [0.1, 0.15) is 0 Å². The molecule has 4 heteroatoms. The molecule has 0 radical (unpaired) electrons. The highest BCUT2D eigenvalue weighted by Crippen LogP contribution is 2.44. The first-order valence-electron chi connectivity index (χ1n) is 15.7. The zero-order chi connectivity index (χ0) is 30.4. The van der Waals surface area contributed by atoms with Gasteiger partial charge < -0.3 is 19.4 Å². The van der Waals surface area contributed by atoms with Gasteiger partial charge in [-0.05, 0) is 48.5 Å². The highest BCUT2D eigenvalue weighted by Gasteiger charge is 2.25. The molecule has 0 fully saturated rings. The lowest BCUT2D eigenvalue weighted by atomic mass is 10.1. The molecule has 46 heavy (non-hydrogen) atoms. The average molecular weight is 589 g/mol. The number of nitrogen functional groups attached to an aromatic ring is 1. The van der Waals surface area contributed by atoms with Crippen molar-refractivity contribution >= 4 is 71.1 Å². The Bertz CT molecular complexity index is 2670. The number of benzene rings is 7. The van der Waals surface area contributed by atoms with Crippen molar-refractivity contribution in [3.05, 3.63) is 158 Å². The number of nitrogens with zero attached hydrogens (tertiary/aromatic N) is 3. The molecule has 0 saturated carbocycles. The number of para-hydroxylation sites is 6. The van der Waals surface area contributed by atoms with E-state index in [9.17, 15) is 0 Å². The first-order chi connectivity index (χ1) is 22.8. The fourth-order valence-corrected chi connectivity index (χ4v) is 7.73. The van der Waals surface area contributed by atoms with E-state index in [1.54, 1.807) is 0 Å². The summed E-state index contributed by atoms with van der Waals surface area (Å²) in [7, 11) is 0. The number of rotatable bonds is 3. The summed E-state index contributed by atoms with van der Waals surface area (Å²) in [5.74, 6) is 0. The lowest BCUT2D eigenvalue weighted by molar-refractivity contribution is 1.05. The zero-order valence-corrected chi connectivity index (χ0v) is 24.9. The Morgan fingerprint density at radius 3 is 0.913 bits per heavy atom. The van der Waals surface area contributed by atoms with Crippen LogP contribution in [0.3, 0.4) is 0 Å². The Labute approximate surface area is 264 Å². The van der Waals surface area contributed by atoms with E-state index in [0.717, 1.165) is 50.2 Å². The van der Waals surface area contributed by atoms with Crippen LogP contribution in [0.5, 0.6) is 0 Å². The van der Waals surface area contributed by atoms with Gasteiger partial charge in [0.05, 0.1) is 55.8 Å². The number of anilines is 1. The van der Waals surface area contributed by atoms with Crippen LogP contribution in [0.25, 0.3) is 82.5 Å². The minimum Gasteiger partial charge on any atom is -0.397 e. The van der Waals surface area contributed by atoms with Crippen LogP contribution in [-0.2, 0) is 0 Å². The fraction of sp³-hybridized carbons (Fsp3) is 0. The van der Waals surface area contributed by atoms with E-state index in [1.165, 1.54) is 32.3 Å². The quantitative estimate of drug-likeness (QED) is 0.205. The van der Waals surface area contributed by atoms with Crippen LogP contribution in [0.4, 0.5) is 5.69 Å². The van der Waals surface area contributed by atoms with E-state index in [0.29, 0.717) is 5.69 Å². The van der Waals surface area contributed by atoms with Gasteiger partial charge in [0, 0.05) is 32.3 Å². The van der Waals surface area contributed by atoms with Crippen molar-refractivity contribution in [3.8, 4) is 17.1 Å². The molecule has 3 aromatic heterocycles. The molecule has 0 atom stereocenters. The van der Waals surface area contributed by atoms with Gasteiger partial charge in [-0.1, -0.05) is 109 Å². The van der Waals surface area contributed by atoms with Gasteiger partial charge in [-0.15, -0.1) is 0 Å². The molecule has 10 aromatic rings. The highest BCUT2D eigenvalue weighted by molar-refractivity contribution is 6.14. The van der Waals surface area contributed by atoms with Crippen LogP contribution in [0.15, 0.2) is 158 Å². The van der Waals surface area contributed by atoms with Crippen LogP contribution in [0.1, 0.15) is 0 Å². The zero-order valence-electron chi connectivity index (χ0n) is 24.9. The lowest BCUT2D eigenvalue weighted by Gasteiger charge is -2.23. The van der Waals surface area contributed by atoms with E-state index in [1.807, 2.05) is 0 Å². The largest absolute Gasteiger partial charge is 0.397 e. The molecule has 0 amide bonds. The third-order valence-electron chi connectivity index (χ3n) is 9.59. The molecule has 7 aromatic carbocycles. The van der Waals surface area contributed by atoms with E-state index in [4.69, 9.17) is 5.73 Å². The smallest absolute Gasteiger partial charge is 0.0968 e. The second-order valence-corrected chi connectivity index (χ2v) is 12.0. The summed E-state index contributed by atoms with van der Waals surface area (Å²) in [6.07, 6.45) is 0. The maximum absolute atomic E-state index is 7.19. The van der Waals surface area contributed by atoms with Gasteiger partial charge in [-0.2, -0.15) is 0 Å². The molecule has 0 aliphatic heterocycles. The van der Waals surface area contributed by atoms with Gasteiger partial charge in [0.15, 0.2) is 0 Å². The van der Waals surface area contributed by atoms with Gasteiger partial charge in [0.25, 0.3) is 0 Å². The van der Waals surface area contributed by atoms with E-state index in [-0.39, 0.29) is 0 Å². The number of nitrogens with two attached hydrogens (primary N) is 1. The standard InChI is InChI=1S/C42H28N4/c43-33-25-26-40(44-34-19-7-1-13-27(34)28-14-2-8-20-35(28)44)42(46-38-23-11-5-17-31(38)32-18-6-12-24-39(32)46)41(33)45-36-21-9-3-15-29(36)30-16-4-10-22-37(30)45/h1-26H,43H2. The topological polar surface area (TPSA) is 40.8 Å². The summed E-state index contributed by atoms with van der Waals surface area (Å²) in [4.78, 5) is 0. The van der Waals surface area contributed by atoms with Crippen LogP contribution in [0, 0.1) is 0 Å². The molecular formula is C42H28N4. The summed E-state index contributed by atoms with van der Waals surface area (Å²) < 4.78 is 7.22. The monoisotopic (exact) mass is 588 g/mol. The molecule has 0 unspecified atom stereocenters. The summed E-state index contributed by atoms with van der Waals surface area (Å²) in [6, 6.07) is 56.4. The average Bonchev–Trinajstić information content (AvgIpc) is 3.74. The fourth-order valence-electron chi connectivity index (χ4n) is 7.73. The van der Waals surface area contributed by atoms with Crippen LogP contribution in [-0.4, -0.2) is 13.7 Å². The molecule has 0 aliphatic rings. The van der Waals surface area contributed by atoms with Gasteiger partial charge >= 0.3 is 0 Å². The maximum atomic E-state index is 7.19. The summed E-state index contributed by atoms with van der Waals surface area (Å²) in [6.45, 7) is 0. The second-order valence-electron chi connectivity index (χ2n) is 12.0. The predicted molar refractivity (Wildman–Crippen MR) is 194 cm³/mol. The molecule has 0 saturated heterocycles. The SMILES string of the molecule is Nc1ccc(-n2c3ccccc3c3ccccc32)c(-n2c3ccccc3c3ccccc32)c1-n1c2ccccc2c2ccccc21. The molecule has 3 heterocycles. The molecule has 4 nitrogen and oxygen atoms in total. The van der Waals surface area contributed by atoms with Crippen LogP contribution >= 0.6 is 0 Å². The minimum absolute atomic E-state index is 0.716. The Balaban J connectivity index is 1.48. The highest BCUT2D eigenvalue weighted by atomic mass is 15.1. The molecule has 216 valence electrons. The van der Waals surface area contributed by atoms with Crippen molar-refractivity contribution in [1.82, 2.24) is 13.7 Å². The van der Waals surface area contributed by atoms with E-state index in [2.05, 4.69) is 171 Å². The van der Waals surface area contributed by atoms with Crippen molar-refractivity contribution in [3.63, 3.8) is 0 Å². The van der Waals surface area contributed by atoms with Gasteiger partial charge in [-0.25, -0.2) is 0 Å². The summed E-state index contributed by atoms with van der Waals surface area (Å²) in [5.41, 5.74) is 17.8. The van der Waals surface area contributed by atoms with Crippen molar-refractivity contribution in [2.24, 2.45) is 0 Å². The Kier molecular flexibility index (Phi) is 5.11. The number of hydrogen-bond acceptors (Lipinski definition) is 1. The normalized spacial score (nSPS) is 12.0. The first-order valence-corrected chi connectivity index (χ1v) is 15.7. The minimum atomic E-state index is 0.716. The predicted octanol–water partition coefficient (Wildman–Crippen LogP) is 10.6. The molecule has 0 spiro atoms. The van der Waals surface area contributed by atoms with Gasteiger partial charge in [-0.3, -0.25) is 0 Å². The third-order valence-corrected chi connectivity index (χ3v) is 9.59. The first kappa shape index (κ1) is 25.1. The van der Waals surface area contributed by atoms with Crippen LogP contribution < -0.4 is 5.73 Å². The second kappa shape index (κ2) is 9.37. The van der Waals surface area contributed by atoms with Gasteiger partial charge in [0.2, 0.25) is 0 Å². The third kappa shape index (κ3) is 3.27. The molecule has 2 N–H and O–H groups in total. The summed E-state index contributed by atoms with van der Waals surface area (Å²) in [5, 5.41) is 7.27. The number of hydrogen-bond donors (Lipinski definition) is 1. The van der Waals surface area contributed by atoms with Crippen molar-refractivity contribution in [2.45, 2.75) is 0 Å². The summed E-state index contributed by atoms with van der Waals surface area (Å²) >= 11 is 0. The molecular weight excluding hydrogens is 560 g/mol. The number of fused-ring (bicyclic) bond motifs is 9. The van der Waals surface area contributed by atoms with Crippen molar-refractivity contribution < 1.29 is 0 Å². The molecule has 10 rings (SSSR count). The van der Waals surface area contributed by atoms with Crippen molar-refractivity contribution in [2.75, 3.05) is 5.73 Å². The van der Waals surface area contributed by atoms with E-state index >= 15 is 0 Å².